The highest BCUT2D eigenvalue weighted by atomic mass is 16.5. The van der Waals surface area contributed by atoms with Crippen LogP contribution in [0.15, 0.2) is 36.8 Å². The van der Waals surface area contributed by atoms with E-state index in [2.05, 4.69) is 16.5 Å². The first-order valence-corrected chi connectivity index (χ1v) is 6.18. The molecule has 0 spiro atoms. The second kappa shape index (κ2) is 5.69. The maximum atomic E-state index is 5.92. The van der Waals surface area contributed by atoms with E-state index in [4.69, 9.17) is 10.5 Å². The first-order valence-electron chi connectivity index (χ1n) is 6.18. The molecule has 1 aromatic carbocycles. The lowest BCUT2D eigenvalue weighted by molar-refractivity contribution is 0.291. The fourth-order valence-electron chi connectivity index (χ4n) is 1.89. The number of benzene rings is 1. The van der Waals surface area contributed by atoms with Crippen LogP contribution >= 0.6 is 0 Å². The van der Waals surface area contributed by atoms with E-state index >= 15 is 0 Å². The Balaban J connectivity index is 2.11. The number of aryl methyl sites for hydroxylation is 1. The SMILES string of the molecule is CCn1cncc1COc1ccccc1[C@H](C)N. The van der Waals surface area contributed by atoms with Gasteiger partial charge in [-0.2, -0.15) is 0 Å². The summed E-state index contributed by atoms with van der Waals surface area (Å²) >= 11 is 0. The van der Waals surface area contributed by atoms with E-state index in [1.54, 1.807) is 0 Å². The number of nitrogens with zero attached hydrogens (tertiary/aromatic N) is 2. The smallest absolute Gasteiger partial charge is 0.130 e. The Kier molecular flexibility index (Phi) is 3.99. The fraction of sp³-hybridized carbons (Fsp3) is 0.357. The molecule has 1 atom stereocenters. The predicted molar refractivity (Wildman–Crippen MR) is 71.3 cm³/mol. The van der Waals surface area contributed by atoms with Crippen molar-refractivity contribution in [2.45, 2.75) is 33.0 Å². The normalized spacial score (nSPS) is 12.4. The molecule has 0 aliphatic carbocycles. The predicted octanol–water partition coefficient (Wildman–Crippen LogP) is 2.50. The number of para-hydroxylation sites is 1. The largest absolute Gasteiger partial charge is 0.487 e. The van der Waals surface area contributed by atoms with Gasteiger partial charge >= 0.3 is 0 Å². The van der Waals surface area contributed by atoms with E-state index in [9.17, 15) is 0 Å². The number of rotatable bonds is 5. The summed E-state index contributed by atoms with van der Waals surface area (Å²) in [6, 6.07) is 7.85. The molecule has 4 nitrogen and oxygen atoms in total. The molecule has 0 aliphatic heterocycles. The molecule has 2 N–H and O–H groups in total. The van der Waals surface area contributed by atoms with E-state index in [0.717, 1.165) is 23.6 Å². The highest BCUT2D eigenvalue weighted by Crippen LogP contribution is 2.24. The molecular formula is C14H19N3O. The average molecular weight is 245 g/mol. The van der Waals surface area contributed by atoms with Crippen LogP contribution in [0.5, 0.6) is 5.75 Å². The van der Waals surface area contributed by atoms with Crippen molar-refractivity contribution >= 4 is 0 Å². The van der Waals surface area contributed by atoms with Gasteiger partial charge in [-0.1, -0.05) is 18.2 Å². The molecule has 1 heterocycles. The zero-order valence-corrected chi connectivity index (χ0v) is 10.8. The third-order valence-corrected chi connectivity index (χ3v) is 2.92. The second-order valence-electron chi connectivity index (χ2n) is 4.29. The van der Waals surface area contributed by atoms with Crippen LogP contribution in [0.1, 0.15) is 31.1 Å². The van der Waals surface area contributed by atoms with Crippen LogP contribution in [0.4, 0.5) is 0 Å². The highest BCUT2D eigenvalue weighted by Gasteiger charge is 2.08. The van der Waals surface area contributed by atoms with Gasteiger partial charge in [-0.25, -0.2) is 4.98 Å². The highest BCUT2D eigenvalue weighted by molar-refractivity contribution is 5.35. The van der Waals surface area contributed by atoms with Crippen LogP contribution in [0.2, 0.25) is 0 Å². The van der Waals surface area contributed by atoms with E-state index in [1.807, 2.05) is 43.7 Å². The van der Waals surface area contributed by atoms with E-state index < -0.39 is 0 Å². The number of nitrogens with two attached hydrogens (primary N) is 1. The van der Waals surface area contributed by atoms with Gasteiger partial charge in [-0.05, 0) is 19.9 Å². The average Bonchev–Trinajstić information content (AvgIpc) is 2.84. The van der Waals surface area contributed by atoms with Crippen molar-refractivity contribution in [2.24, 2.45) is 5.73 Å². The molecule has 0 amide bonds. The summed E-state index contributed by atoms with van der Waals surface area (Å²) in [6.07, 6.45) is 3.65. The molecule has 96 valence electrons. The lowest BCUT2D eigenvalue weighted by Gasteiger charge is -2.14. The van der Waals surface area contributed by atoms with Crippen LogP contribution < -0.4 is 10.5 Å². The molecule has 0 saturated heterocycles. The molecule has 2 aromatic rings. The van der Waals surface area contributed by atoms with E-state index in [0.29, 0.717) is 6.61 Å². The van der Waals surface area contributed by atoms with Gasteiger partial charge in [0.05, 0.1) is 18.2 Å². The van der Waals surface area contributed by atoms with Gasteiger partial charge in [0.1, 0.15) is 12.4 Å². The molecule has 1 aromatic heterocycles. The van der Waals surface area contributed by atoms with Crippen LogP contribution in [-0.4, -0.2) is 9.55 Å². The Labute approximate surface area is 107 Å². The van der Waals surface area contributed by atoms with Crippen molar-refractivity contribution in [2.75, 3.05) is 0 Å². The summed E-state index contributed by atoms with van der Waals surface area (Å²) in [5, 5.41) is 0. The number of aromatic nitrogens is 2. The molecule has 4 heteroatoms. The third-order valence-electron chi connectivity index (χ3n) is 2.92. The summed E-state index contributed by atoms with van der Waals surface area (Å²) in [4.78, 5) is 4.12. The van der Waals surface area contributed by atoms with Gasteiger partial charge in [0, 0.05) is 18.2 Å². The summed E-state index contributed by atoms with van der Waals surface area (Å²) in [7, 11) is 0. The van der Waals surface area contributed by atoms with Crippen molar-refractivity contribution in [1.82, 2.24) is 9.55 Å². The topological polar surface area (TPSA) is 53.1 Å². The van der Waals surface area contributed by atoms with Crippen LogP contribution in [0.3, 0.4) is 0 Å². The summed E-state index contributed by atoms with van der Waals surface area (Å²) < 4.78 is 7.91. The Bertz CT molecular complexity index is 505. The molecule has 0 bridgehead atoms. The number of hydrogen-bond donors (Lipinski definition) is 1. The fourth-order valence-corrected chi connectivity index (χ4v) is 1.89. The number of imidazole rings is 1. The van der Waals surface area contributed by atoms with Crippen LogP contribution in [0.25, 0.3) is 0 Å². The van der Waals surface area contributed by atoms with Crippen molar-refractivity contribution in [3.8, 4) is 5.75 Å². The maximum Gasteiger partial charge on any atom is 0.130 e. The Morgan fingerprint density at radius 2 is 2.17 bits per heavy atom. The second-order valence-corrected chi connectivity index (χ2v) is 4.29. The third kappa shape index (κ3) is 2.71. The summed E-state index contributed by atoms with van der Waals surface area (Å²) in [5.41, 5.74) is 8.02. The number of hydrogen-bond acceptors (Lipinski definition) is 3. The zero-order chi connectivity index (χ0) is 13.0. The van der Waals surface area contributed by atoms with Crippen molar-refractivity contribution in [3.05, 3.63) is 48.0 Å². The lowest BCUT2D eigenvalue weighted by atomic mass is 10.1. The van der Waals surface area contributed by atoms with E-state index in [-0.39, 0.29) is 6.04 Å². The monoisotopic (exact) mass is 245 g/mol. The first-order chi connectivity index (χ1) is 8.72. The van der Waals surface area contributed by atoms with Crippen molar-refractivity contribution < 1.29 is 4.74 Å². The molecule has 2 rings (SSSR count). The molecular weight excluding hydrogens is 226 g/mol. The molecule has 0 saturated carbocycles. The summed E-state index contributed by atoms with van der Waals surface area (Å²) in [5.74, 6) is 0.844. The number of ether oxygens (including phenoxy) is 1. The lowest BCUT2D eigenvalue weighted by Crippen LogP contribution is -2.09. The molecule has 18 heavy (non-hydrogen) atoms. The van der Waals surface area contributed by atoms with E-state index in [1.165, 1.54) is 0 Å². The van der Waals surface area contributed by atoms with Crippen LogP contribution in [-0.2, 0) is 13.2 Å². The zero-order valence-electron chi connectivity index (χ0n) is 10.8. The first kappa shape index (κ1) is 12.6. The minimum absolute atomic E-state index is 0.0303. The van der Waals surface area contributed by atoms with Gasteiger partial charge in [-0.3, -0.25) is 0 Å². The quantitative estimate of drug-likeness (QED) is 0.880. The van der Waals surface area contributed by atoms with Gasteiger partial charge < -0.3 is 15.0 Å². The van der Waals surface area contributed by atoms with Crippen LogP contribution in [0, 0.1) is 0 Å². The van der Waals surface area contributed by atoms with Crippen molar-refractivity contribution in [1.29, 1.82) is 0 Å². The van der Waals surface area contributed by atoms with Gasteiger partial charge in [0.15, 0.2) is 0 Å². The van der Waals surface area contributed by atoms with Gasteiger partial charge in [-0.15, -0.1) is 0 Å². The minimum Gasteiger partial charge on any atom is -0.487 e. The van der Waals surface area contributed by atoms with Crippen molar-refractivity contribution in [3.63, 3.8) is 0 Å². The Morgan fingerprint density at radius 3 is 2.89 bits per heavy atom. The summed E-state index contributed by atoms with van der Waals surface area (Å²) in [6.45, 7) is 5.45. The maximum absolute atomic E-state index is 5.92. The minimum atomic E-state index is -0.0303. The molecule has 0 unspecified atom stereocenters. The molecule has 0 radical (unpaired) electrons. The van der Waals surface area contributed by atoms with Gasteiger partial charge in [0.2, 0.25) is 0 Å². The van der Waals surface area contributed by atoms with Gasteiger partial charge in [0.25, 0.3) is 0 Å². The molecule has 0 aliphatic rings. The standard InChI is InChI=1S/C14H19N3O/c1-3-17-10-16-8-12(17)9-18-14-7-5-4-6-13(14)11(2)15/h4-8,10-11H,3,9,15H2,1-2H3/t11-/m0/s1. The molecule has 0 fully saturated rings. The Hall–Kier alpha value is -1.81. The Morgan fingerprint density at radius 1 is 1.39 bits per heavy atom.